The van der Waals surface area contributed by atoms with E-state index in [2.05, 4.69) is 10.1 Å². The molecule has 0 aromatic rings. The monoisotopic (exact) mass is 203 g/mol. The molecule has 82 valence electrons. The molecule has 0 unspecified atom stereocenters. The van der Waals surface area contributed by atoms with Crippen molar-refractivity contribution in [2.75, 3.05) is 20.3 Å². The summed E-state index contributed by atoms with van der Waals surface area (Å²) < 4.78 is 9.56. The highest BCUT2D eigenvalue weighted by molar-refractivity contribution is 5.72. The normalized spacial score (nSPS) is 11.9. The standard InChI is InChI=1S/C9H17NO4/c1-7(4-5-10-8(2)11)14-6-9(12)13-3/h7H,4-6H2,1-3H3,(H,10,11)/t7-/m1/s1. The SMILES string of the molecule is COC(=O)CO[C@H](C)CCNC(C)=O. The summed E-state index contributed by atoms with van der Waals surface area (Å²) in [7, 11) is 1.31. The molecule has 0 aromatic carbocycles. The van der Waals surface area contributed by atoms with Crippen molar-refractivity contribution in [1.82, 2.24) is 5.32 Å². The lowest BCUT2D eigenvalue weighted by Crippen LogP contribution is -2.25. The van der Waals surface area contributed by atoms with Crippen LogP contribution in [0.5, 0.6) is 0 Å². The first-order valence-electron chi connectivity index (χ1n) is 4.49. The van der Waals surface area contributed by atoms with E-state index in [1.54, 1.807) is 0 Å². The summed E-state index contributed by atoms with van der Waals surface area (Å²) in [6.45, 7) is 3.81. The van der Waals surface area contributed by atoms with Crippen LogP contribution in [0.25, 0.3) is 0 Å². The lowest BCUT2D eigenvalue weighted by Gasteiger charge is -2.11. The van der Waals surface area contributed by atoms with Crippen LogP contribution in [0.3, 0.4) is 0 Å². The Morgan fingerprint density at radius 3 is 2.57 bits per heavy atom. The van der Waals surface area contributed by atoms with E-state index in [0.29, 0.717) is 13.0 Å². The number of ether oxygens (including phenoxy) is 2. The third-order valence-corrected chi connectivity index (χ3v) is 1.64. The molecule has 1 atom stereocenters. The van der Waals surface area contributed by atoms with Gasteiger partial charge in [0.1, 0.15) is 6.61 Å². The van der Waals surface area contributed by atoms with Crippen LogP contribution in [0.15, 0.2) is 0 Å². The largest absolute Gasteiger partial charge is 0.467 e. The van der Waals surface area contributed by atoms with Crippen molar-refractivity contribution in [3.8, 4) is 0 Å². The Morgan fingerprint density at radius 2 is 2.07 bits per heavy atom. The summed E-state index contributed by atoms with van der Waals surface area (Å²) in [6, 6.07) is 0. The second-order valence-corrected chi connectivity index (χ2v) is 2.97. The van der Waals surface area contributed by atoms with Gasteiger partial charge >= 0.3 is 5.97 Å². The maximum absolute atomic E-state index is 10.7. The molecule has 0 aliphatic heterocycles. The Bertz CT molecular complexity index is 193. The molecule has 5 nitrogen and oxygen atoms in total. The van der Waals surface area contributed by atoms with E-state index in [9.17, 15) is 9.59 Å². The molecule has 0 aliphatic carbocycles. The van der Waals surface area contributed by atoms with Crippen LogP contribution >= 0.6 is 0 Å². The number of carbonyl (C=O) groups is 2. The van der Waals surface area contributed by atoms with Crippen LogP contribution in [0.2, 0.25) is 0 Å². The number of rotatable bonds is 6. The van der Waals surface area contributed by atoms with E-state index in [4.69, 9.17) is 4.74 Å². The molecule has 0 aliphatic rings. The van der Waals surface area contributed by atoms with Gasteiger partial charge in [-0.2, -0.15) is 0 Å². The summed E-state index contributed by atoms with van der Waals surface area (Å²) in [5.41, 5.74) is 0. The second-order valence-electron chi connectivity index (χ2n) is 2.97. The molecule has 14 heavy (non-hydrogen) atoms. The van der Waals surface area contributed by atoms with E-state index in [0.717, 1.165) is 0 Å². The zero-order valence-electron chi connectivity index (χ0n) is 8.83. The highest BCUT2D eigenvalue weighted by Crippen LogP contribution is 1.96. The molecular formula is C9H17NO4. The fraction of sp³-hybridized carbons (Fsp3) is 0.778. The third kappa shape index (κ3) is 7.54. The highest BCUT2D eigenvalue weighted by Gasteiger charge is 2.06. The van der Waals surface area contributed by atoms with E-state index in [-0.39, 0.29) is 18.6 Å². The quantitative estimate of drug-likeness (QED) is 0.621. The average molecular weight is 203 g/mol. The van der Waals surface area contributed by atoms with Crippen molar-refractivity contribution in [2.24, 2.45) is 0 Å². The van der Waals surface area contributed by atoms with Crippen molar-refractivity contribution >= 4 is 11.9 Å². The van der Waals surface area contributed by atoms with Gasteiger partial charge < -0.3 is 14.8 Å². The molecule has 1 amide bonds. The lowest BCUT2D eigenvalue weighted by molar-refractivity contribution is -0.147. The number of methoxy groups -OCH3 is 1. The summed E-state index contributed by atoms with van der Waals surface area (Å²) >= 11 is 0. The van der Waals surface area contributed by atoms with E-state index >= 15 is 0 Å². The van der Waals surface area contributed by atoms with Crippen LogP contribution in [0.1, 0.15) is 20.3 Å². The van der Waals surface area contributed by atoms with Gasteiger partial charge in [-0.15, -0.1) is 0 Å². The summed E-state index contributed by atoms with van der Waals surface area (Å²) in [5, 5.41) is 2.64. The fourth-order valence-electron chi connectivity index (χ4n) is 0.804. The molecule has 0 saturated heterocycles. The number of carbonyl (C=O) groups excluding carboxylic acids is 2. The minimum Gasteiger partial charge on any atom is -0.467 e. The summed E-state index contributed by atoms with van der Waals surface area (Å²) in [4.78, 5) is 21.2. The van der Waals surface area contributed by atoms with Gasteiger partial charge in [0.2, 0.25) is 5.91 Å². The van der Waals surface area contributed by atoms with Crippen molar-refractivity contribution in [3.63, 3.8) is 0 Å². The van der Waals surface area contributed by atoms with Crippen LogP contribution in [-0.2, 0) is 19.1 Å². The van der Waals surface area contributed by atoms with Crippen LogP contribution in [0, 0.1) is 0 Å². The number of hydrogen-bond donors (Lipinski definition) is 1. The van der Waals surface area contributed by atoms with Crippen molar-refractivity contribution < 1.29 is 19.1 Å². The molecule has 0 radical (unpaired) electrons. The Hall–Kier alpha value is -1.10. The van der Waals surface area contributed by atoms with Gasteiger partial charge in [-0.3, -0.25) is 4.79 Å². The van der Waals surface area contributed by atoms with Gasteiger partial charge in [-0.05, 0) is 13.3 Å². The molecule has 0 spiro atoms. The summed E-state index contributed by atoms with van der Waals surface area (Å²) in [6.07, 6.45) is 0.609. The Kier molecular flexibility index (Phi) is 6.74. The molecule has 0 bridgehead atoms. The molecule has 0 heterocycles. The van der Waals surface area contributed by atoms with Crippen molar-refractivity contribution in [3.05, 3.63) is 0 Å². The van der Waals surface area contributed by atoms with Crippen LogP contribution < -0.4 is 5.32 Å². The average Bonchev–Trinajstić information content (AvgIpc) is 2.13. The third-order valence-electron chi connectivity index (χ3n) is 1.64. The van der Waals surface area contributed by atoms with Crippen molar-refractivity contribution in [2.45, 2.75) is 26.4 Å². The van der Waals surface area contributed by atoms with Gasteiger partial charge in [0.05, 0.1) is 13.2 Å². The van der Waals surface area contributed by atoms with Gasteiger partial charge in [0, 0.05) is 13.5 Å². The maximum atomic E-state index is 10.7. The minimum absolute atomic E-state index is 0.0439. The fourth-order valence-corrected chi connectivity index (χ4v) is 0.804. The number of hydrogen-bond acceptors (Lipinski definition) is 4. The molecule has 0 fully saturated rings. The first-order valence-corrected chi connectivity index (χ1v) is 4.49. The maximum Gasteiger partial charge on any atom is 0.331 e. The molecule has 0 aromatic heterocycles. The Morgan fingerprint density at radius 1 is 1.43 bits per heavy atom. The highest BCUT2D eigenvalue weighted by atomic mass is 16.6. The smallest absolute Gasteiger partial charge is 0.331 e. The van der Waals surface area contributed by atoms with E-state index in [1.807, 2.05) is 6.92 Å². The molecule has 0 saturated carbocycles. The molecule has 0 rings (SSSR count). The number of nitrogens with one attached hydrogen (secondary N) is 1. The zero-order valence-corrected chi connectivity index (χ0v) is 8.83. The van der Waals surface area contributed by atoms with Crippen LogP contribution in [-0.4, -0.2) is 38.2 Å². The molecule has 1 N–H and O–H groups in total. The second kappa shape index (κ2) is 7.32. The first kappa shape index (κ1) is 12.9. The molecule has 5 heteroatoms. The minimum atomic E-state index is -0.392. The van der Waals surface area contributed by atoms with Gasteiger partial charge in [0.25, 0.3) is 0 Å². The predicted octanol–water partition coefficient (Wildman–Crippen LogP) is 0.0907. The van der Waals surface area contributed by atoms with Gasteiger partial charge in [0.15, 0.2) is 0 Å². The first-order chi connectivity index (χ1) is 6.56. The van der Waals surface area contributed by atoms with Gasteiger partial charge in [-0.25, -0.2) is 4.79 Å². The van der Waals surface area contributed by atoms with Crippen molar-refractivity contribution in [1.29, 1.82) is 0 Å². The Balaban J connectivity index is 3.41. The van der Waals surface area contributed by atoms with Crippen LogP contribution in [0.4, 0.5) is 0 Å². The predicted molar refractivity (Wildman–Crippen MR) is 50.7 cm³/mol. The topological polar surface area (TPSA) is 64.6 Å². The Labute approximate surface area is 83.8 Å². The van der Waals surface area contributed by atoms with Gasteiger partial charge in [-0.1, -0.05) is 0 Å². The molecular weight excluding hydrogens is 186 g/mol. The number of amides is 1. The summed E-state index contributed by atoms with van der Waals surface area (Å²) in [5.74, 6) is -0.457. The van der Waals surface area contributed by atoms with E-state index in [1.165, 1.54) is 14.0 Å². The van der Waals surface area contributed by atoms with E-state index < -0.39 is 5.97 Å². The number of esters is 1. The zero-order chi connectivity index (χ0) is 11.0. The lowest BCUT2D eigenvalue weighted by atomic mass is 10.3.